The maximum absolute atomic E-state index is 11.9. The van der Waals surface area contributed by atoms with Crippen LogP contribution in [0.15, 0.2) is 24.5 Å². The van der Waals surface area contributed by atoms with E-state index in [1.165, 1.54) is 18.5 Å². The molecular weight excluding hydrogens is 276 g/mol. The normalized spacial score (nSPS) is 22.7. The van der Waals surface area contributed by atoms with Crippen LogP contribution in [0.4, 0.5) is 5.69 Å². The molecule has 120 valence electrons. The van der Waals surface area contributed by atoms with Crippen molar-refractivity contribution in [2.75, 3.05) is 31.1 Å². The third-order valence-electron chi connectivity index (χ3n) is 4.87. The number of aromatic nitrogens is 1. The molecule has 1 aromatic rings. The second-order valence-corrected chi connectivity index (χ2v) is 6.36. The van der Waals surface area contributed by atoms with E-state index in [2.05, 4.69) is 32.7 Å². The number of amides is 1. The van der Waals surface area contributed by atoms with E-state index in [4.69, 9.17) is 0 Å². The SMILES string of the molecule is O=C(NCCC1CCN(c2ccncc2)CC1)[C@@H]1CCCN1. The van der Waals surface area contributed by atoms with E-state index in [0.29, 0.717) is 0 Å². The van der Waals surface area contributed by atoms with Crippen LogP contribution < -0.4 is 15.5 Å². The zero-order valence-electron chi connectivity index (χ0n) is 13.1. The third-order valence-corrected chi connectivity index (χ3v) is 4.87. The van der Waals surface area contributed by atoms with E-state index >= 15 is 0 Å². The Morgan fingerprint density at radius 1 is 1.27 bits per heavy atom. The number of rotatable bonds is 5. The smallest absolute Gasteiger partial charge is 0.237 e. The van der Waals surface area contributed by atoms with Gasteiger partial charge in [-0.25, -0.2) is 0 Å². The monoisotopic (exact) mass is 302 g/mol. The molecule has 2 aliphatic heterocycles. The van der Waals surface area contributed by atoms with Gasteiger partial charge < -0.3 is 15.5 Å². The molecule has 22 heavy (non-hydrogen) atoms. The molecule has 0 aromatic carbocycles. The zero-order valence-corrected chi connectivity index (χ0v) is 13.1. The molecule has 0 unspecified atom stereocenters. The van der Waals surface area contributed by atoms with Crippen LogP contribution in [0.1, 0.15) is 32.1 Å². The Labute approximate surface area is 132 Å². The summed E-state index contributed by atoms with van der Waals surface area (Å²) in [5.41, 5.74) is 1.27. The van der Waals surface area contributed by atoms with Gasteiger partial charge in [0, 0.05) is 37.7 Å². The van der Waals surface area contributed by atoms with E-state index in [9.17, 15) is 4.79 Å². The standard InChI is InChI=1S/C17H26N4O/c22-17(16-2-1-8-19-16)20-11-3-14-6-12-21(13-7-14)15-4-9-18-10-5-15/h4-5,9-10,14,16,19H,1-3,6-8,11-13H2,(H,20,22)/t16-/m0/s1. The van der Waals surface area contributed by atoms with Crippen LogP contribution in [-0.2, 0) is 4.79 Å². The fraction of sp³-hybridized carbons (Fsp3) is 0.647. The lowest BCUT2D eigenvalue weighted by molar-refractivity contribution is -0.122. The van der Waals surface area contributed by atoms with Crippen molar-refractivity contribution in [2.45, 2.75) is 38.1 Å². The summed E-state index contributed by atoms with van der Waals surface area (Å²) >= 11 is 0. The van der Waals surface area contributed by atoms with Crippen molar-refractivity contribution in [3.8, 4) is 0 Å². The molecule has 5 nitrogen and oxygen atoms in total. The van der Waals surface area contributed by atoms with Crippen LogP contribution >= 0.6 is 0 Å². The highest BCUT2D eigenvalue weighted by Crippen LogP contribution is 2.24. The van der Waals surface area contributed by atoms with Crippen LogP contribution in [0.3, 0.4) is 0 Å². The summed E-state index contributed by atoms with van der Waals surface area (Å²) < 4.78 is 0. The molecule has 5 heteroatoms. The van der Waals surface area contributed by atoms with Crippen LogP contribution in [0.2, 0.25) is 0 Å². The van der Waals surface area contributed by atoms with Crippen molar-refractivity contribution in [2.24, 2.45) is 5.92 Å². The molecule has 1 amide bonds. The predicted octanol–water partition coefficient (Wildman–Crippen LogP) is 1.56. The summed E-state index contributed by atoms with van der Waals surface area (Å²) in [6.45, 7) is 4.00. The van der Waals surface area contributed by atoms with Crippen molar-refractivity contribution in [3.63, 3.8) is 0 Å². The van der Waals surface area contributed by atoms with Crippen molar-refractivity contribution >= 4 is 11.6 Å². The highest BCUT2D eigenvalue weighted by atomic mass is 16.2. The lowest BCUT2D eigenvalue weighted by Crippen LogP contribution is -2.41. The van der Waals surface area contributed by atoms with Crippen LogP contribution in [0.5, 0.6) is 0 Å². The predicted molar refractivity (Wildman–Crippen MR) is 87.8 cm³/mol. The highest BCUT2D eigenvalue weighted by molar-refractivity contribution is 5.81. The molecule has 3 rings (SSSR count). The topological polar surface area (TPSA) is 57.3 Å². The Kier molecular flexibility index (Phi) is 5.27. The molecule has 2 saturated heterocycles. The van der Waals surface area contributed by atoms with Gasteiger partial charge in [0.15, 0.2) is 0 Å². The number of nitrogens with zero attached hydrogens (tertiary/aromatic N) is 2. The zero-order chi connectivity index (χ0) is 15.2. The van der Waals surface area contributed by atoms with Gasteiger partial charge in [-0.2, -0.15) is 0 Å². The number of hydrogen-bond acceptors (Lipinski definition) is 4. The van der Waals surface area contributed by atoms with Crippen LogP contribution in [-0.4, -0.2) is 43.1 Å². The molecular formula is C17H26N4O. The van der Waals surface area contributed by atoms with Crippen molar-refractivity contribution in [1.82, 2.24) is 15.6 Å². The van der Waals surface area contributed by atoms with E-state index in [1.807, 2.05) is 12.4 Å². The average molecular weight is 302 g/mol. The molecule has 0 saturated carbocycles. The third kappa shape index (κ3) is 3.97. The first-order valence-corrected chi connectivity index (χ1v) is 8.49. The fourth-order valence-electron chi connectivity index (χ4n) is 3.47. The molecule has 0 bridgehead atoms. The number of nitrogens with one attached hydrogen (secondary N) is 2. The summed E-state index contributed by atoms with van der Waals surface area (Å²) in [7, 11) is 0. The Morgan fingerprint density at radius 2 is 2.05 bits per heavy atom. The van der Waals surface area contributed by atoms with Gasteiger partial charge in [0.1, 0.15) is 0 Å². The lowest BCUT2D eigenvalue weighted by atomic mass is 9.93. The van der Waals surface area contributed by atoms with Gasteiger partial charge in [0.05, 0.1) is 6.04 Å². The first-order valence-electron chi connectivity index (χ1n) is 8.49. The maximum atomic E-state index is 11.9. The van der Waals surface area contributed by atoms with Gasteiger partial charge in [-0.05, 0) is 56.7 Å². The molecule has 1 atom stereocenters. The summed E-state index contributed by atoms with van der Waals surface area (Å²) in [5, 5.41) is 6.34. The van der Waals surface area contributed by atoms with Crippen molar-refractivity contribution < 1.29 is 4.79 Å². The number of carbonyl (C=O) groups is 1. The van der Waals surface area contributed by atoms with Gasteiger partial charge in [-0.15, -0.1) is 0 Å². The van der Waals surface area contributed by atoms with E-state index in [1.54, 1.807) is 0 Å². The van der Waals surface area contributed by atoms with Gasteiger partial charge in [-0.3, -0.25) is 9.78 Å². The molecule has 3 heterocycles. The second kappa shape index (κ2) is 7.58. The van der Waals surface area contributed by atoms with Gasteiger partial charge >= 0.3 is 0 Å². The minimum absolute atomic E-state index is 0.0496. The Bertz CT molecular complexity index is 465. The van der Waals surface area contributed by atoms with Gasteiger partial charge in [-0.1, -0.05) is 0 Å². The van der Waals surface area contributed by atoms with Crippen LogP contribution in [0, 0.1) is 5.92 Å². The molecule has 0 spiro atoms. The van der Waals surface area contributed by atoms with E-state index in [0.717, 1.165) is 51.4 Å². The molecule has 2 N–H and O–H groups in total. The Balaban J connectivity index is 1.35. The van der Waals surface area contributed by atoms with Crippen molar-refractivity contribution in [1.29, 1.82) is 0 Å². The van der Waals surface area contributed by atoms with Crippen molar-refractivity contribution in [3.05, 3.63) is 24.5 Å². The molecule has 2 aliphatic rings. The largest absolute Gasteiger partial charge is 0.371 e. The Hall–Kier alpha value is -1.62. The summed E-state index contributed by atoms with van der Waals surface area (Å²) in [6, 6.07) is 4.21. The lowest BCUT2D eigenvalue weighted by Gasteiger charge is -2.33. The van der Waals surface area contributed by atoms with E-state index in [-0.39, 0.29) is 11.9 Å². The fourth-order valence-corrected chi connectivity index (χ4v) is 3.47. The first-order chi connectivity index (χ1) is 10.8. The highest BCUT2D eigenvalue weighted by Gasteiger charge is 2.23. The number of carbonyl (C=O) groups excluding carboxylic acids is 1. The number of hydrogen-bond donors (Lipinski definition) is 2. The molecule has 2 fully saturated rings. The van der Waals surface area contributed by atoms with Crippen LogP contribution in [0.25, 0.3) is 0 Å². The van der Waals surface area contributed by atoms with E-state index < -0.39 is 0 Å². The molecule has 0 aliphatic carbocycles. The summed E-state index contributed by atoms with van der Waals surface area (Å²) in [6.07, 6.45) is 9.33. The van der Waals surface area contributed by atoms with Gasteiger partial charge in [0.25, 0.3) is 0 Å². The summed E-state index contributed by atoms with van der Waals surface area (Å²) in [5.74, 6) is 0.918. The molecule has 1 aromatic heterocycles. The minimum Gasteiger partial charge on any atom is -0.371 e. The second-order valence-electron chi connectivity index (χ2n) is 6.36. The average Bonchev–Trinajstić information content (AvgIpc) is 3.11. The number of anilines is 1. The quantitative estimate of drug-likeness (QED) is 0.866. The molecule has 0 radical (unpaired) electrons. The number of piperidine rings is 1. The summed E-state index contributed by atoms with van der Waals surface area (Å²) in [4.78, 5) is 18.4. The first kappa shape index (κ1) is 15.3. The van der Waals surface area contributed by atoms with Gasteiger partial charge in [0.2, 0.25) is 5.91 Å². The number of pyridine rings is 1. The maximum Gasteiger partial charge on any atom is 0.237 e. The Morgan fingerprint density at radius 3 is 2.73 bits per heavy atom. The minimum atomic E-state index is 0.0496.